The minimum atomic E-state index is -0.407. The highest BCUT2D eigenvalue weighted by molar-refractivity contribution is 6.02. The molecule has 0 radical (unpaired) electrons. The van der Waals surface area contributed by atoms with Gasteiger partial charge in [0.05, 0.1) is 18.1 Å². The minimum absolute atomic E-state index is 0.121. The number of anilines is 1. The van der Waals surface area contributed by atoms with Crippen LogP contribution in [-0.2, 0) is 0 Å². The first-order chi connectivity index (χ1) is 12.8. The van der Waals surface area contributed by atoms with Crippen molar-refractivity contribution >= 4 is 11.6 Å². The first kappa shape index (κ1) is 15.7. The molecule has 126 valence electrons. The molecule has 0 saturated heterocycles. The van der Waals surface area contributed by atoms with Gasteiger partial charge >= 0.3 is 0 Å². The lowest BCUT2D eigenvalue weighted by atomic mass is 10.1. The topological polar surface area (TPSA) is 80.9 Å². The number of nitrogens with zero attached hydrogens (tertiary/aromatic N) is 3. The van der Waals surface area contributed by atoms with Crippen molar-refractivity contribution in [2.24, 2.45) is 0 Å². The van der Waals surface area contributed by atoms with Crippen molar-refractivity contribution in [3.05, 3.63) is 84.9 Å². The van der Waals surface area contributed by atoms with E-state index in [0.29, 0.717) is 17.2 Å². The smallest absolute Gasteiger partial charge is 0.294 e. The van der Waals surface area contributed by atoms with Gasteiger partial charge in [-0.15, -0.1) is 0 Å². The molecule has 0 saturated carbocycles. The third-order valence-electron chi connectivity index (χ3n) is 3.75. The Bertz CT molecular complexity index is 1010. The molecule has 0 atom stereocenters. The van der Waals surface area contributed by atoms with Crippen LogP contribution in [-0.4, -0.2) is 21.0 Å². The number of aromatic nitrogens is 3. The fraction of sp³-hybridized carbons (Fsp3) is 0. The summed E-state index contributed by atoms with van der Waals surface area (Å²) in [6.07, 6.45) is 3.11. The number of benzene rings is 2. The largest absolute Gasteiger partial charge is 0.350 e. The Morgan fingerprint density at radius 2 is 1.46 bits per heavy atom. The van der Waals surface area contributed by atoms with Crippen LogP contribution in [0.2, 0.25) is 0 Å². The Kier molecular flexibility index (Phi) is 4.22. The van der Waals surface area contributed by atoms with Crippen LogP contribution < -0.4 is 5.32 Å². The average molecular weight is 342 g/mol. The van der Waals surface area contributed by atoms with Gasteiger partial charge in [-0.05, 0) is 0 Å². The second-order valence-electron chi connectivity index (χ2n) is 5.56. The molecule has 6 nitrogen and oxygen atoms in total. The minimum Gasteiger partial charge on any atom is -0.350 e. The van der Waals surface area contributed by atoms with E-state index in [1.165, 1.54) is 0 Å². The molecular formula is C20H14N4O2. The fourth-order valence-electron chi connectivity index (χ4n) is 2.45. The second-order valence-corrected chi connectivity index (χ2v) is 5.56. The van der Waals surface area contributed by atoms with E-state index in [1.807, 2.05) is 60.7 Å². The Morgan fingerprint density at radius 1 is 0.846 bits per heavy atom. The highest BCUT2D eigenvalue weighted by Crippen LogP contribution is 2.20. The van der Waals surface area contributed by atoms with Gasteiger partial charge in [0.15, 0.2) is 5.82 Å². The summed E-state index contributed by atoms with van der Waals surface area (Å²) in [5.74, 6) is 0.307. The van der Waals surface area contributed by atoms with Gasteiger partial charge in [0, 0.05) is 17.2 Å². The van der Waals surface area contributed by atoms with Gasteiger partial charge in [0.1, 0.15) is 5.69 Å². The van der Waals surface area contributed by atoms with Gasteiger partial charge in [-0.1, -0.05) is 65.8 Å². The van der Waals surface area contributed by atoms with Crippen molar-refractivity contribution in [3.8, 4) is 22.6 Å². The van der Waals surface area contributed by atoms with E-state index in [0.717, 1.165) is 11.1 Å². The second kappa shape index (κ2) is 6.98. The van der Waals surface area contributed by atoms with E-state index >= 15 is 0 Å². The molecule has 0 aliphatic carbocycles. The van der Waals surface area contributed by atoms with Gasteiger partial charge in [-0.25, -0.2) is 9.97 Å². The normalized spacial score (nSPS) is 10.5. The van der Waals surface area contributed by atoms with Crippen molar-refractivity contribution in [3.63, 3.8) is 0 Å². The summed E-state index contributed by atoms with van der Waals surface area (Å²) in [5, 5.41) is 6.64. The van der Waals surface area contributed by atoms with E-state index < -0.39 is 5.91 Å². The summed E-state index contributed by atoms with van der Waals surface area (Å²) >= 11 is 0. The molecule has 0 aliphatic rings. The molecule has 2 heterocycles. The number of hydrogen-bond donors (Lipinski definition) is 1. The molecule has 4 rings (SSSR count). The maximum atomic E-state index is 12.3. The lowest BCUT2D eigenvalue weighted by molar-refractivity contribution is 0.0988. The van der Waals surface area contributed by atoms with E-state index in [4.69, 9.17) is 4.52 Å². The Balaban J connectivity index is 1.48. The first-order valence-corrected chi connectivity index (χ1v) is 8.00. The zero-order valence-corrected chi connectivity index (χ0v) is 13.7. The van der Waals surface area contributed by atoms with Gasteiger partial charge in [-0.3, -0.25) is 4.79 Å². The lowest BCUT2D eigenvalue weighted by Gasteiger charge is -2.03. The third kappa shape index (κ3) is 3.34. The van der Waals surface area contributed by atoms with Crippen LogP contribution in [0.25, 0.3) is 22.6 Å². The molecule has 0 bridgehead atoms. The number of amides is 1. The lowest BCUT2D eigenvalue weighted by Crippen LogP contribution is -2.11. The maximum Gasteiger partial charge on any atom is 0.294 e. The predicted octanol–water partition coefficient (Wildman–Crippen LogP) is 4.05. The first-order valence-electron chi connectivity index (χ1n) is 8.00. The van der Waals surface area contributed by atoms with Gasteiger partial charge < -0.3 is 9.84 Å². The highest BCUT2D eigenvalue weighted by Gasteiger charge is 2.14. The number of rotatable bonds is 4. The standard InChI is InChI=1S/C20H14N4O2/c25-20(18-11-17(24-26-18)14-7-3-1-4-8-14)23-16-12-21-19(22-13-16)15-9-5-2-6-10-15/h1-13H,(H,23,25). The summed E-state index contributed by atoms with van der Waals surface area (Å²) in [7, 11) is 0. The van der Waals surface area contributed by atoms with Crippen LogP contribution in [0.4, 0.5) is 5.69 Å². The van der Waals surface area contributed by atoms with E-state index in [-0.39, 0.29) is 5.76 Å². The predicted molar refractivity (Wildman–Crippen MR) is 97.4 cm³/mol. The molecular weight excluding hydrogens is 328 g/mol. The van der Waals surface area contributed by atoms with Crippen LogP contribution >= 0.6 is 0 Å². The summed E-state index contributed by atoms with van der Waals surface area (Å²) in [5.41, 5.74) is 2.87. The maximum absolute atomic E-state index is 12.3. The van der Waals surface area contributed by atoms with Gasteiger partial charge in [0.25, 0.3) is 5.91 Å². The molecule has 1 amide bonds. The van der Waals surface area contributed by atoms with Crippen LogP contribution in [0.3, 0.4) is 0 Å². The van der Waals surface area contributed by atoms with Crippen LogP contribution in [0.15, 0.2) is 83.6 Å². The molecule has 0 spiro atoms. The third-order valence-corrected chi connectivity index (χ3v) is 3.75. The molecule has 1 N–H and O–H groups in total. The van der Waals surface area contributed by atoms with Crippen molar-refractivity contribution in [1.82, 2.24) is 15.1 Å². The molecule has 2 aromatic carbocycles. The summed E-state index contributed by atoms with van der Waals surface area (Å²) in [4.78, 5) is 20.9. The SMILES string of the molecule is O=C(Nc1cnc(-c2ccccc2)nc1)c1cc(-c2ccccc2)no1. The van der Waals surface area contributed by atoms with Crippen molar-refractivity contribution in [2.45, 2.75) is 0 Å². The number of carbonyl (C=O) groups is 1. The highest BCUT2D eigenvalue weighted by atomic mass is 16.5. The molecule has 2 aromatic heterocycles. The quantitative estimate of drug-likeness (QED) is 0.605. The summed E-state index contributed by atoms with van der Waals surface area (Å²) in [6, 6.07) is 20.7. The summed E-state index contributed by atoms with van der Waals surface area (Å²) < 4.78 is 5.14. The van der Waals surface area contributed by atoms with Crippen LogP contribution in [0.5, 0.6) is 0 Å². The molecule has 4 aromatic rings. The monoisotopic (exact) mass is 342 g/mol. The van der Waals surface area contributed by atoms with Crippen molar-refractivity contribution < 1.29 is 9.32 Å². The fourth-order valence-corrected chi connectivity index (χ4v) is 2.45. The van der Waals surface area contributed by atoms with E-state index in [9.17, 15) is 4.79 Å². The number of nitrogens with one attached hydrogen (secondary N) is 1. The van der Waals surface area contributed by atoms with Crippen LogP contribution in [0.1, 0.15) is 10.6 Å². The molecule has 6 heteroatoms. The van der Waals surface area contributed by atoms with Crippen molar-refractivity contribution in [1.29, 1.82) is 0 Å². The number of carbonyl (C=O) groups excluding carboxylic acids is 1. The molecule has 0 unspecified atom stereocenters. The summed E-state index contributed by atoms with van der Waals surface area (Å²) in [6.45, 7) is 0. The molecule has 0 fully saturated rings. The van der Waals surface area contributed by atoms with Gasteiger partial charge in [0.2, 0.25) is 5.76 Å². The Hall–Kier alpha value is -3.80. The zero-order valence-electron chi connectivity index (χ0n) is 13.7. The number of hydrogen-bond acceptors (Lipinski definition) is 5. The van der Waals surface area contributed by atoms with E-state index in [2.05, 4.69) is 20.4 Å². The van der Waals surface area contributed by atoms with Crippen LogP contribution in [0, 0.1) is 0 Å². The molecule has 0 aliphatic heterocycles. The Morgan fingerprint density at radius 3 is 2.12 bits per heavy atom. The zero-order chi connectivity index (χ0) is 17.8. The van der Waals surface area contributed by atoms with Gasteiger partial charge in [-0.2, -0.15) is 0 Å². The van der Waals surface area contributed by atoms with E-state index in [1.54, 1.807) is 18.5 Å². The Labute approximate surface area is 149 Å². The van der Waals surface area contributed by atoms with Crippen molar-refractivity contribution in [2.75, 3.05) is 5.32 Å². The average Bonchev–Trinajstić information content (AvgIpc) is 3.20. The molecule has 26 heavy (non-hydrogen) atoms.